The molecule has 2 atom stereocenters. The Balaban J connectivity index is 4.80. The van der Waals surface area contributed by atoms with E-state index in [1.165, 1.54) is 44.9 Å². The Morgan fingerprint density at radius 2 is 1.21 bits per heavy atom. The summed E-state index contributed by atoms with van der Waals surface area (Å²) in [5.41, 5.74) is 1.10. The molecule has 116 valence electrons. The summed E-state index contributed by atoms with van der Waals surface area (Å²) < 4.78 is 0. The van der Waals surface area contributed by atoms with Crippen LogP contribution in [0, 0.1) is 22.7 Å². The van der Waals surface area contributed by atoms with Crippen molar-refractivity contribution in [1.29, 1.82) is 0 Å². The summed E-state index contributed by atoms with van der Waals surface area (Å²) >= 11 is 0. The molecule has 0 rings (SSSR count). The molecule has 0 nitrogen and oxygen atoms in total. The van der Waals surface area contributed by atoms with Crippen LogP contribution in [0.3, 0.4) is 0 Å². The number of hydrogen-bond acceptors (Lipinski definition) is 0. The fourth-order valence-electron chi connectivity index (χ4n) is 3.90. The first-order chi connectivity index (χ1) is 8.78. The lowest BCUT2D eigenvalue weighted by Gasteiger charge is -2.42. The minimum atomic E-state index is 0.547. The van der Waals surface area contributed by atoms with Gasteiger partial charge in [0.15, 0.2) is 0 Å². The Hall–Kier alpha value is 0. The smallest absolute Gasteiger partial charge is 0.0298 e. The van der Waals surface area contributed by atoms with E-state index < -0.39 is 0 Å². The Morgan fingerprint density at radius 3 is 1.53 bits per heavy atom. The molecule has 0 radical (unpaired) electrons. The van der Waals surface area contributed by atoms with Crippen molar-refractivity contribution in [2.45, 2.75) is 100 Å². The van der Waals surface area contributed by atoms with Gasteiger partial charge in [0.1, 0.15) is 0 Å². The van der Waals surface area contributed by atoms with Crippen LogP contribution in [0.4, 0.5) is 0 Å². The second-order valence-corrected chi connectivity index (χ2v) is 7.64. The molecular formula is C19H40. The van der Waals surface area contributed by atoms with E-state index in [0.717, 1.165) is 11.8 Å². The van der Waals surface area contributed by atoms with Crippen LogP contribution in [0.15, 0.2) is 0 Å². The third-order valence-corrected chi connectivity index (χ3v) is 6.12. The van der Waals surface area contributed by atoms with Crippen LogP contribution >= 0.6 is 0 Å². The van der Waals surface area contributed by atoms with Crippen molar-refractivity contribution >= 4 is 0 Å². The molecule has 0 amide bonds. The van der Waals surface area contributed by atoms with Gasteiger partial charge in [-0.15, -0.1) is 0 Å². The van der Waals surface area contributed by atoms with Crippen molar-refractivity contribution < 1.29 is 0 Å². The van der Waals surface area contributed by atoms with Crippen molar-refractivity contribution in [3.63, 3.8) is 0 Å². The van der Waals surface area contributed by atoms with Gasteiger partial charge in [0, 0.05) is 0 Å². The molecule has 0 saturated heterocycles. The van der Waals surface area contributed by atoms with E-state index in [4.69, 9.17) is 0 Å². The lowest BCUT2D eigenvalue weighted by atomic mass is 9.63. The van der Waals surface area contributed by atoms with Crippen molar-refractivity contribution in [2.24, 2.45) is 22.7 Å². The summed E-state index contributed by atoms with van der Waals surface area (Å²) in [5, 5.41) is 0. The molecule has 0 heterocycles. The molecule has 0 aliphatic heterocycles. The molecule has 0 saturated carbocycles. The highest BCUT2D eigenvalue weighted by molar-refractivity contribution is 4.85. The molecule has 0 N–H and O–H groups in total. The Bertz CT molecular complexity index is 218. The minimum Gasteiger partial charge on any atom is -0.0654 e. The van der Waals surface area contributed by atoms with E-state index in [2.05, 4.69) is 55.4 Å². The van der Waals surface area contributed by atoms with Gasteiger partial charge in [-0.25, -0.2) is 0 Å². The largest absolute Gasteiger partial charge is 0.0654 e. The van der Waals surface area contributed by atoms with Gasteiger partial charge in [-0.2, -0.15) is 0 Å². The molecule has 19 heavy (non-hydrogen) atoms. The van der Waals surface area contributed by atoms with Crippen LogP contribution in [-0.2, 0) is 0 Å². The third-order valence-electron chi connectivity index (χ3n) is 6.12. The molecular weight excluding hydrogens is 228 g/mol. The topological polar surface area (TPSA) is 0 Å². The SMILES string of the molecule is CCCC(C)(CCC)C(C)C(C)CC(C)(CC)CC. The Kier molecular flexibility index (Phi) is 8.32. The molecule has 0 spiro atoms. The first-order valence-corrected chi connectivity index (χ1v) is 8.78. The van der Waals surface area contributed by atoms with Gasteiger partial charge >= 0.3 is 0 Å². The van der Waals surface area contributed by atoms with Gasteiger partial charge < -0.3 is 0 Å². The van der Waals surface area contributed by atoms with E-state index >= 15 is 0 Å². The highest BCUT2D eigenvalue weighted by Gasteiger charge is 2.35. The van der Waals surface area contributed by atoms with Gasteiger partial charge in [-0.1, -0.05) is 81.1 Å². The standard InChI is InChI=1S/C19H40/c1-9-13-19(8,14-10-2)17(6)16(5)15-18(7,11-3)12-4/h16-17H,9-15H2,1-8H3. The summed E-state index contributed by atoms with van der Waals surface area (Å²) in [6.45, 7) is 19.4. The van der Waals surface area contributed by atoms with E-state index in [9.17, 15) is 0 Å². The fraction of sp³-hybridized carbons (Fsp3) is 1.00. The normalized spacial score (nSPS) is 16.4. The maximum Gasteiger partial charge on any atom is -0.0298 e. The van der Waals surface area contributed by atoms with E-state index in [0.29, 0.717) is 10.8 Å². The average Bonchev–Trinajstić information content (AvgIpc) is 2.38. The zero-order chi connectivity index (χ0) is 15.1. The summed E-state index contributed by atoms with van der Waals surface area (Å²) in [5.74, 6) is 1.68. The molecule has 0 fully saturated rings. The lowest BCUT2D eigenvalue weighted by molar-refractivity contribution is 0.0821. The zero-order valence-electron chi connectivity index (χ0n) is 15.1. The highest BCUT2D eigenvalue weighted by atomic mass is 14.4. The van der Waals surface area contributed by atoms with Crippen LogP contribution < -0.4 is 0 Å². The number of rotatable bonds is 10. The summed E-state index contributed by atoms with van der Waals surface area (Å²) in [7, 11) is 0. The number of hydrogen-bond donors (Lipinski definition) is 0. The van der Waals surface area contributed by atoms with E-state index in [1.54, 1.807) is 0 Å². The first kappa shape index (κ1) is 19.0. The predicted octanol–water partition coefficient (Wildman–Crippen LogP) is 7.08. The van der Waals surface area contributed by atoms with Crippen molar-refractivity contribution in [2.75, 3.05) is 0 Å². The molecule has 0 aromatic carbocycles. The van der Waals surface area contributed by atoms with Gasteiger partial charge in [0.2, 0.25) is 0 Å². The maximum absolute atomic E-state index is 2.54. The second kappa shape index (κ2) is 8.32. The average molecular weight is 269 g/mol. The van der Waals surface area contributed by atoms with Crippen molar-refractivity contribution in [1.82, 2.24) is 0 Å². The van der Waals surface area contributed by atoms with Crippen molar-refractivity contribution in [3.05, 3.63) is 0 Å². The van der Waals surface area contributed by atoms with Gasteiger partial charge in [0.25, 0.3) is 0 Å². The predicted molar refractivity (Wildman–Crippen MR) is 89.6 cm³/mol. The molecule has 0 heteroatoms. The summed E-state index contributed by atoms with van der Waals surface area (Å²) in [6.07, 6.45) is 9.46. The van der Waals surface area contributed by atoms with E-state index in [-0.39, 0.29) is 0 Å². The minimum absolute atomic E-state index is 0.547. The maximum atomic E-state index is 2.54. The monoisotopic (exact) mass is 268 g/mol. The zero-order valence-corrected chi connectivity index (χ0v) is 15.1. The van der Waals surface area contributed by atoms with Crippen LogP contribution in [0.5, 0.6) is 0 Å². The molecule has 0 aliphatic rings. The van der Waals surface area contributed by atoms with Gasteiger partial charge in [-0.3, -0.25) is 0 Å². The highest BCUT2D eigenvalue weighted by Crippen LogP contribution is 2.45. The Labute approximate surface area is 123 Å². The summed E-state index contributed by atoms with van der Waals surface area (Å²) in [6, 6.07) is 0. The summed E-state index contributed by atoms with van der Waals surface area (Å²) in [4.78, 5) is 0. The fourth-order valence-corrected chi connectivity index (χ4v) is 3.90. The lowest BCUT2D eigenvalue weighted by Crippen LogP contribution is -2.32. The molecule has 0 bridgehead atoms. The Morgan fingerprint density at radius 1 is 0.789 bits per heavy atom. The van der Waals surface area contributed by atoms with Gasteiger partial charge in [-0.05, 0) is 41.9 Å². The van der Waals surface area contributed by atoms with Crippen LogP contribution in [0.1, 0.15) is 100 Å². The van der Waals surface area contributed by atoms with Crippen LogP contribution in [0.2, 0.25) is 0 Å². The molecule has 2 unspecified atom stereocenters. The van der Waals surface area contributed by atoms with Crippen molar-refractivity contribution in [3.8, 4) is 0 Å². The van der Waals surface area contributed by atoms with Gasteiger partial charge in [0.05, 0.1) is 0 Å². The first-order valence-electron chi connectivity index (χ1n) is 8.78. The molecule has 0 aromatic rings. The van der Waals surface area contributed by atoms with Crippen LogP contribution in [-0.4, -0.2) is 0 Å². The quantitative estimate of drug-likeness (QED) is 0.397. The van der Waals surface area contributed by atoms with E-state index in [1.807, 2.05) is 0 Å². The molecule has 0 aromatic heterocycles. The third kappa shape index (κ3) is 5.48. The molecule has 0 aliphatic carbocycles. The second-order valence-electron chi connectivity index (χ2n) is 7.64. The van der Waals surface area contributed by atoms with Crippen LogP contribution in [0.25, 0.3) is 0 Å².